The second kappa shape index (κ2) is 20.4. The molecule has 0 saturated carbocycles. The Balaban J connectivity index is -0.000000392. The number of thioether (sulfide) groups is 6. The van der Waals surface area contributed by atoms with Crippen LogP contribution in [0.3, 0.4) is 0 Å². The van der Waals surface area contributed by atoms with Crippen molar-refractivity contribution < 1.29 is 35.6 Å². The molecule has 186 valence electrons. The maximum atomic E-state index is 13.0. The highest BCUT2D eigenvalue weighted by molar-refractivity contribution is 8.47. The lowest BCUT2D eigenvalue weighted by molar-refractivity contribution is 0.276. The number of carbonyl (C=O) groups is 1. The largest absolute Gasteiger partial charge is 0.274 e. The molecule has 0 fully saturated rings. The summed E-state index contributed by atoms with van der Waals surface area (Å²) in [5.41, 5.74) is -2.50. The van der Waals surface area contributed by atoms with Gasteiger partial charge in [0.15, 0.2) is 25.4 Å². The van der Waals surface area contributed by atoms with Gasteiger partial charge in [-0.1, -0.05) is 69.0 Å². The van der Waals surface area contributed by atoms with Crippen molar-refractivity contribution in [3.05, 3.63) is 0 Å². The highest BCUT2D eigenvalue weighted by Gasteiger charge is 2.27. The third kappa shape index (κ3) is 35.8. The van der Waals surface area contributed by atoms with Gasteiger partial charge in [0.2, 0.25) is 0 Å². The number of alkyl halides is 6. The third-order valence-electron chi connectivity index (χ3n) is 1.59. The SMILES string of the molecule is CC(C)(F)SC(=NF)SC(C)(C)F.CC(F)SC(=O)SC(C)F.FCSC(=S)SCF. The monoisotopic (exact) mass is 591 g/mol. The minimum Gasteiger partial charge on any atom is -0.274 e. The fourth-order valence-corrected chi connectivity index (χ4v) is 5.74. The molecule has 0 aromatic rings. The Morgan fingerprint density at radius 1 is 0.903 bits per heavy atom. The lowest BCUT2D eigenvalue weighted by atomic mass is 10.5. The standard InChI is InChI=1S/C7H12F3NS2.C5H8F2OS2.C3H4F2S3/c1-6(2,8)12-5(11-10)13-7(3,4)9;1-3(6)9-5(8)10-4(2)7;4-1-7-3(6)8-2-5/h1-4H3;3-4H,1-2H3;1-2H2. The predicted molar refractivity (Wildman–Crippen MR) is 136 cm³/mol. The van der Waals surface area contributed by atoms with E-state index in [4.69, 9.17) is 0 Å². The summed E-state index contributed by atoms with van der Waals surface area (Å²) in [6, 6.07) is -1.13. The molecule has 0 aromatic carbocycles. The Morgan fingerprint density at radius 3 is 1.42 bits per heavy atom. The number of thiocarbonyl (C=S) groups is 1. The summed E-state index contributed by atoms with van der Waals surface area (Å²) in [4.78, 5) is 10.5. The first-order valence-electron chi connectivity index (χ1n) is 7.99. The quantitative estimate of drug-likeness (QED) is 0.130. The molecular weight excluding hydrogens is 568 g/mol. The van der Waals surface area contributed by atoms with Gasteiger partial charge in [-0.15, -0.1) is 0 Å². The average molecular weight is 592 g/mol. The van der Waals surface area contributed by atoms with Crippen LogP contribution in [0.25, 0.3) is 0 Å². The van der Waals surface area contributed by atoms with E-state index < -0.39 is 37.5 Å². The fraction of sp³-hybridized carbons (Fsp3) is 0.800. The van der Waals surface area contributed by atoms with Gasteiger partial charge < -0.3 is 0 Å². The molecule has 0 spiro atoms. The molecule has 0 amide bonds. The van der Waals surface area contributed by atoms with Gasteiger partial charge in [0.1, 0.15) is 15.5 Å². The molecular formula is C15H24F7NOS7. The molecule has 2 nitrogen and oxygen atoms in total. The smallest absolute Gasteiger partial charge is 0.251 e. The van der Waals surface area contributed by atoms with Gasteiger partial charge >= 0.3 is 0 Å². The number of carbonyl (C=O) groups excluding carboxylic acids is 1. The molecule has 2 unspecified atom stereocenters. The van der Waals surface area contributed by atoms with Crippen LogP contribution in [0.15, 0.2) is 5.21 Å². The average Bonchev–Trinajstić information content (AvgIpc) is 2.51. The van der Waals surface area contributed by atoms with Gasteiger partial charge in [-0.2, -0.15) is 0 Å². The summed E-state index contributed by atoms with van der Waals surface area (Å²) in [6.45, 7) is 7.52. The number of rotatable bonds is 6. The fourth-order valence-electron chi connectivity index (χ4n) is 0.894. The van der Waals surface area contributed by atoms with E-state index in [1.807, 2.05) is 0 Å². The topological polar surface area (TPSA) is 29.4 Å². The van der Waals surface area contributed by atoms with Crippen molar-refractivity contribution in [3.8, 4) is 0 Å². The van der Waals surface area contributed by atoms with E-state index in [9.17, 15) is 35.6 Å². The molecule has 0 aliphatic carbocycles. The van der Waals surface area contributed by atoms with Crippen LogP contribution in [0.5, 0.6) is 0 Å². The summed E-state index contributed by atoms with van der Waals surface area (Å²) < 4.78 is 84.1. The van der Waals surface area contributed by atoms with Gasteiger partial charge in [-0.3, -0.25) is 4.79 Å². The van der Waals surface area contributed by atoms with Crippen LogP contribution in [0.1, 0.15) is 41.5 Å². The van der Waals surface area contributed by atoms with E-state index in [2.05, 4.69) is 17.4 Å². The van der Waals surface area contributed by atoms with Crippen LogP contribution in [0.2, 0.25) is 0 Å². The molecule has 0 heterocycles. The zero-order valence-electron chi connectivity index (χ0n) is 17.4. The first-order chi connectivity index (χ1) is 14.0. The van der Waals surface area contributed by atoms with Crippen LogP contribution >= 0.6 is 82.8 Å². The molecule has 0 rings (SSSR count). The zero-order valence-corrected chi connectivity index (χ0v) is 23.1. The second-order valence-corrected chi connectivity index (χ2v) is 14.8. The van der Waals surface area contributed by atoms with E-state index in [1.165, 1.54) is 41.5 Å². The lowest BCUT2D eigenvalue weighted by Gasteiger charge is -2.17. The number of hydrogen-bond acceptors (Lipinski definition) is 9. The van der Waals surface area contributed by atoms with Gasteiger partial charge in [0.05, 0.1) is 0 Å². The molecule has 2 atom stereocenters. The van der Waals surface area contributed by atoms with E-state index in [1.54, 1.807) is 0 Å². The van der Waals surface area contributed by atoms with Crippen molar-refractivity contribution in [3.63, 3.8) is 0 Å². The predicted octanol–water partition coefficient (Wildman–Crippen LogP) is 9.90. The van der Waals surface area contributed by atoms with Gasteiger partial charge in [-0.05, 0) is 65.1 Å². The summed E-state index contributed by atoms with van der Waals surface area (Å²) in [5, 5.41) is -0.978. The molecule has 0 aliphatic heterocycles. The Labute approximate surface area is 209 Å². The molecule has 0 aromatic heterocycles. The van der Waals surface area contributed by atoms with Crippen molar-refractivity contribution in [1.29, 1.82) is 0 Å². The van der Waals surface area contributed by atoms with Crippen LogP contribution in [-0.4, -0.2) is 45.4 Å². The molecule has 31 heavy (non-hydrogen) atoms. The molecule has 0 bridgehead atoms. The second-order valence-electron chi connectivity index (χ2n) is 5.61. The van der Waals surface area contributed by atoms with Crippen molar-refractivity contribution in [2.75, 3.05) is 12.0 Å². The maximum Gasteiger partial charge on any atom is 0.251 e. The Bertz CT molecular complexity index is 489. The first kappa shape index (κ1) is 36.6. The normalized spacial score (nSPS) is 13.1. The minimum atomic E-state index is -1.65. The molecule has 0 aliphatic rings. The molecule has 16 heteroatoms. The molecule has 0 saturated heterocycles. The van der Waals surface area contributed by atoms with Crippen molar-refractivity contribution in [2.45, 2.75) is 62.6 Å². The van der Waals surface area contributed by atoms with Crippen molar-refractivity contribution >= 4 is 95.1 Å². The van der Waals surface area contributed by atoms with Crippen molar-refractivity contribution in [2.24, 2.45) is 5.21 Å². The van der Waals surface area contributed by atoms with Crippen LogP contribution in [-0.2, 0) is 0 Å². The highest BCUT2D eigenvalue weighted by Crippen LogP contribution is 2.37. The lowest BCUT2D eigenvalue weighted by Crippen LogP contribution is -2.13. The number of nitrogens with zero attached hydrogens (tertiary/aromatic N) is 1. The minimum absolute atomic E-state index is 0.236. The summed E-state index contributed by atoms with van der Waals surface area (Å²) in [7, 11) is 0. The van der Waals surface area contributed by atoms with E-state index in [0.717, 1.165) is 23.5 Å². The van der Waals surface area contributed by atoms with Gasteiger partial charge in [0, 0.05) is 0 Å². The third-order valence-corrected chi connectivity index (χ3v) is 7.26. The summed E-state index contributed by atoms with van der Waals surface area (Å²) >= 11 is 8.31. The van der Waals surface area contributed by atoms with E-state index >= 15 is 0 Å². The van der Waals surface area contributed by atoms with Crippen LogP contribution in [0, 0.1) is 0 Å². The Hall–Kier alpha value is 1.04. The first-order valence-corrected chi connectivity index (χ1v) is 13.8. The van der Waals surface area contributed by atoms with Crippen LogP contribution in [0.4, 0.5) is 35.6 Å². The van der Waals surface area contributed by atoms with Crippen molar-refractivity contribution in [1.82, 2.24) is 0 Å². The Kier molecular flexibility index (Phi) is 24.1. The van der Waals surface area contributed by atoms with Gasteiger partial charge in [0.25, 0.3) is 4.45 Å². The Morgan fingerprint density at radius 2 is 1.23 bits per heavy atom. The van der Waals surface area contributed by atoms with E-state index in [-0.39, 0.29) is 4.38 Å². The summed E-state index contributed by atoms with van der Waals surface area (Å²) in [5.74, 6) is 0. The maximum absolute atomic E-state index is 13.0. The summed E-state index contributed by atoms with van der Waals surface area (Å²) in [6.07, 6.45) is 0. The molecule has 0 N–H and O–H groups in total. The zero-order chi connectivity index (χ0) is 25.3. The van der Waals surface area contributed by atoms with E-state index in [0.29, 0.717) is 50.6 Å². The van der Waals surface area contributed by atoms with Crippen LogP contribution < -0.4 is 0 Å². The number of hydrogen-bond donors (Lipinski definition) is 0. The number of halogens is 7. The molecule has 0 radical (unpaired) electrons. The van der Waals surface area contributed by atoms with Gasteiger partial charge in [-0.25, -0.2) is 26.3 Å². The highest BCUT2D eigenvalue weighted by atomic mass is 32.2.